The summed E-state index contributed by atoms with van der Waals surface area (Å²) in [6.07, 6.45) is 0.854. The maximum absolute atomic E-state index is 12.9. The highest BCUT2D eigenvalue weighted by molar-refractivity contribution is 6.03. The molecule has 0 spiro atoms. The topological polar surface area (TPSA) is 32.3 Å². The normalized spacial score (nSPS) is 16.9. The average Bonchev–Trinajstić information content (AvgIpc) is 2.77. The summed E-state index contributed by atoms with van der Waals surface area (Å²) in [5.74, 6) is -0.317. The molecule has 0 bridgehead atoms. The lowest BCUT2D eigenvalue weighted by Crippen LogP contribution is -2.39. The van der Waals surface area contributed by atoms with E-state index in [4.69, 9.17) is 0 Å². The zero-order valence-corrected chi connectivity index (χ0v) is 11.1. The molecule has 1 aliphatic rings. The molecule has 4 heteroatoms. The van der Waals surface area contributed by atoms with Gasteiger partial charge in [-0.1, -0.05) is 18.2 Å². The number of nitrogens with one attached hydrogen (secondary N) is 1. The van der Waals surface area contributed by atoms with Gasteiger partial charge >= 0.3 is 6.03 Å². The Hall–Kier alpha value is -2.36. The Morgan fingerprint density at radius 3 is 2.65 bits per heavy atom. The summed E-state index contributed by atoms with van der Waals surface area (Å²) in [7, 11) is 0. The van der Waals surface area contributed by atoms with Gasteiger partial charge in [-0.25, -0.2) is 9.18 Å². The molecule has 2 amide bonds. The molecule has 0 radical (unpaired) electrons. The summed E-state index contributed by atoms with van der Waals surface area (Å²) >= 11 is 0. The predicted octanol–water partition coefficient (Wildman–Crippen LogP) is 3.81. The molecule has 2 aromatic carbocycles. The Morgan fingerprint density at radius 1 is 1.20 bits per heavy atom. The number of halogens is 1. The van der Waals surface area contributed by atoms with E-state index in [0.29, 0.717) is 5.69 Å². The van der Waals surface area contributed by atoms with E-state index in [9.17, 15) is 9.18 Å². The molecule has 2 aromatic rings. The standard InChI is InChI=1S/C16H15FN2O/c1-11-10-12-4-2-3-5-15(12)19(11)16(20)18-14-8-6-13(17)7-9-14/h2-9,11H,10H2,1H3,(H,18,20). The number of rotatable bonds is 1. The van der Waals surface area contributed by atoms with Crippen molar-refractivity contribution in [2.24, 2.45) is 0 Å². The minimum Gasteiger partial charge on any atom is -0.308 e. The third kappa shape index (κ3) is 2.25. The summed E-state index contributed by atoms with van der Waals surface area (Å²) in [4.78, 5) is 14.1. The summed E-state index contributed by atoms with van der Waals surface area (Å²) < 4.78 is 12.9. The molecular weight excluding hydrogens is 255 g/mol. The lowest BCUT2D eigenvalue weighted by molar-refractivity contribution is 0.256. The third-order valence-electron chi connectivity index (χ3n) is 3.52. The molecule has 1 N–H and O–H groups in total. The fourth-order valence-electron chi connectivity index (χ4n) is 2.59. The Labute approximate surface area is 117 Å². The van der Waals surface area contributed by atoms with Crippen molar-refractivity contribution in [3.8, 4) is 0 Å². The molecule has 0 aromatic heterocycles. The molecule has 1 unspecified atom stereocenters. The first-order chi connectivity index (χ1) is 9.65. The molecular formula is C16H15FN2O. The molecule has 3 rings (SSSR count). The number of carbonyl (C=O) groups is 1. The van der Waals surface area contributed by atoms with Gasteiger partial charge in [-0.05, 0) is 49.2 Å². The Kier molecular flexibility index (Phi) is 3.14. The van der Waals surface area contributed by atoms with E-state index < -0.39 is 0 Å². The molecule has 1 aliphatic heterocycles. The quantitative estimate of drug-likeness (QED) is 0.839. The first kappa shape index (κ1) is 12.7. The number of para-hydroxylation sites is 1. The molecule has 1 heterocycles. The van der Waals surface area contributed by atoms with Crippen molar-refractivity contribution in [3.63, 3.8) is 0 Å². The van der Waals surface area contributed by atoms with E-state index in [2.05, 4.69) is 5.32 Å². The summed E-state index contributed by atoms with van der Waals surface area (Å²) in [5.41, 5.74) is 2.71. The van der Waals surface area contributed by atoms with Crippen LogP contribution in [0.25, 0.3) is 0 Å². The van der Waals surface area contributed by atoms with Gasteiger partial charge in [-0.2, -0.15) is 0 Å². The third-order valence-corrected chi connectivity index (χ3v) is 3.52. The Balaban J connectivity index is 1.82. The number of hydrogen-bond donors (Lipinski definition) is 1. The number of carbonyl (C=O) groups excluding carboxylic acids is 1. The maximum atomic E-state index is 12.9. The lowest BCUT2D eigenvalue weighted by Gasteiger charge is -2.23. The number of fused-ring (bicyclic) bond motifs is 1. The minimum atomic E-state index is -0.317. The molecule has 0 aliphatic carbocycles. The highest BCUT2D eigenvalue weighted by atomic mass is 19.1. The first-order valence-corrected chi connectivity index (χ1v) is 6.59. The van der Waals surface area contributed by atoms with Gasteiger partial charge < -0.3 is 5.32 Å². The number of benzene rings is 2. The van der Waals surface area contributed by atoms with Gasteiger partial charge in [-0.15, -0.1) is 0 Å². The number of nitrogens with zero attached hydrogens (tertiary/aromatic N) is 1. The van der Waals surface area contributed by atoms with Crippen LogP contribution in [0, 0.1) is 5.82 Å². The fraction of sp³-hybridized carbons (Fsp3) is 0.188. The van der Waals surface area contributed by atoms with Crippen LogP contribution >= 0.6 is 0 Å². The van der Waals surface area contributed by atoms with Gasteiger partial charge in [0.15, 0.2) is 0 Å². The van der Waals surface area contributed by atoms with Crippen molar-refractivity contribution in [1.29, 1.82) is 0 Å². The van der Waals surface area contributed by atoms with Crippen LogP contribution in [-0.2, 0) is 6.42 Å². The highest BCUT2D eigenvalue weighted by Crippen LogP contribution is 2.32. The smallest absolute Gasteiger partial charge is 0.308 e. The molecule has 0 fully saturated rings. The summed E-state index contributed by atoms with van der Waals surface area (Å²) in [5, 5.41) is 2.80. The molecule has 0 saturated carbocycles. The van der Waals surface area contributed by atoms with Gasteiger partial charge in [0, 0.05) is 17.4 Å². The highest BCUT2D eigenvalue weighted by Gasteiger charge is 2.30. The lowest BCUT2D eigenvalue weighted by atomic mass is 10.1. The number of urea groups is 1. The van der Waals surface area contributed by atoms with Crippen molar-refractivity contribution in [2.45, 2.75) is 19.4 Å². The predicted molar refractivity (Wildman–Crippen MR) is 77.5 cm³/mol. The Morgan fingerprint density at radius 2 is 1.90 bits per heavy atom. The van der Waals surface area contributed by atoms with Gasteiger partial charge in [0.05, 0.1) is 0 Å². The van der Waals surface area contributed by atoms with Crippen molar-refractivity contribution in [1.82, 2.24) is 0 Å². The molecule has 3 nitrogen and oxygen atoms in total. The SMILES string of the molecule is CC1Cc2ccccc2N1C(=O)Nc1ccc(F)cc1. The second kappa shape index (κ2) is 4.96. The van der Waals surface area contributed by atoms with Gasteiger partial charge in [0.2, 0.25) is 0 Å². The van der Waals surface area contributed by atoms with Crippen LogP contribution in [0.15, 0.2) is 48.5 Å². The number of amides is 2. The molecule has 20 heavy (non-hydrogen) atoms. The summed E-state index contributed by atoms with van der Waals surface area (Å²) in [6, 6.07) is 13.6. The average molecular weight is 270 g/mol. The van der Waals surface area contributed by atoms with Crippen LogP contribution in [0.3, 0.4) is 0 Å². The molecule has 0 saturated heterocycles. The van der Waals surface area contributed by atoms with Crippen LogP contribution in [-0.4, -0.2) is 12.1 Å². The van der Waals surface area contributed by atoms with E-state index >= 15 is 0 Å². The van der Waals surface area contributed by atoms with Crippen LogP contribution in [0.1, 0.15) is 12.5 Å². The molecule has 1 atom stereocenters. The number of hydrogen-bond acceptors (Lipinski definition) is 1. The minimum absolute atomic E-state index is 0.118. The summed E-state index contributed by atoms with van der Waals surface area (Å²) in [6.45, 7) is 2.02. The van der Waals surface area contributed by atoms with Crippen LogP contribution < -0.4 is 10.2 Å². The Bertz CT molecular complexity index is 639. The second-order valence-corrected chi connectivity index (χ2v) is 4.99. The zero-order valence-electron chi connectivity index (χ0n) is 11.1. The maximum Gasteiger partial charge on any atom is 0.326 e. The first-order valence-electron chi connectivity index (χ1n) is 6.59. The van der Waals surface area contributed by atoms with Crippen molar-refractivity contribution in [3.05, 3.63) is 59.9 Å². The van der Waals surface area contributed by atoms with E-state index in [1.807, 2.05) is 31.2 Å². The van der Waals surface area contributed by atoms with Crippen LogP contribution in [0.2, 0.25) is 0 Å². The molecule has 102 valence electrons. The van der Waals surface area contributed by atoms with Gasteiger partial charge in [0.25, 0.3) is 0 Å². The van der Waals surface area contributed by atoms with Crippen molar-refractivity contribution < 1.29 is 9.18 Å². The number of anilines is 2. The van der Waals surface area contributed by atoms with Gasteiger partial charge in [-0.3, -0.25) is 4.90 Å². The van der Waals surface area contributed by atoms with E-state index in [1.54, 1.807) is 17.0 Å². The van der Waals surface area contributed by atoms with Crippen molar-refractivity contribution >= 4 is 17.4 Å². The van der Waals surface area contributed by atoms with Crippen LogP contribution in [0.4, 0.5) is 20.6 Å². The monoisotopic (exact) mass is 270 g/mol. The van der Waals surface area contributed by atoms with E-state index in [1.165, 1.54) is 17.7 Å². The van der Waals surface area contributed by atoms with Gasteiger partial charge in [0.1, 0.15) is 5.82 Å². The zero-order chi connectivity index (χ0) is 14.1. The van der Waals surface area contributed by atoms with Crippen LogP contribution in [0.5, 0.6) is 0 Å². The van der Waals surface area contributed by atoms with Crippen molar-refractivity contribution in [2.75, 3.05) is 10.2 Å². The van der Waals surface area contributed by atoms with E-state index in [0.717, 1.165) is 12.1 Å². The largest absolute Gasteiger partial charge is 0.326 e. The fourth-order valence-corrected chi connectivity index (χ4v) is 2.59. The second-order valence-electron chi connectivity index (χ2n) is 4.99. The van der Waals surface area contributed by atoms with E-state index in [-0.39, 0.29) is 17.9 Å².